The fraction of sp³-hybridized carbons (Fsp3) is 0.471. The van der Waals surface area contributed by atoms with Crippen LogP contribution in [-0.4, -0.2) is 35.3 Å². The first kappa shape index (κ1) is 17.0. The Labute approximate surface area is 136 Å². The van der Waals surface area contributed by atoms with E-state index in [1.54, 1.807) is 0 Å². The molecule has 4 amide bonds. The number of carbonyl (C=O) groups is 3. The van der Waals surface area contributed by atoms with Crippen molar-refractivity contribution in [2.75, 3.05) is 6.54 Å². The van der Waals surface area contributed by atoms with Gasteiger partial charge in [-0.25, -0.2) is 4.79 Å². The lowest BCUT2D eigenvalue weighted by Crippen LogP contribution is -2.34. The number of nitrogens with zero attached hydrogens (tertiary/aromatic N) is 1. The molecule has 0 spiro atoms. The average Bonchev–Trinajstić information content (AvgIpc) is 2.85. The van der Waals surface area contributed by atoms with Crippen molar-refractivity contribution in [1.29, 1.82) is 0 Å². The molecule has 0 saturated carbocycles. The summed E-state index contributed by atoms with van der Waals surface area (Å²) in [4.78, 5) is 37.5. The number of benzene rings is 1. The SMILES string of the molecule is CCCNC(=O)CC[C@H]1NC(=O)N([C@@H](C)c2ccccc2)C1=O. The van der Waals surface area contributed by atoms with E-state index in [0.717, 1.165) is 12.0 Å². The van der Waals surface area contributed by atoms with E-state index in [9.17, 15) is 14.4 Å². The molecule has 2 rings (SSSR count). The summed E-state index contributed by atoms with van der Waals surface area (Å²) < 4.78 is 0. The molecule has 1 aliphatic heterocycles. The Kier molecular flexibility index (Phi) is 5.73. The van der Waals surface area contributed by atoms with Crippen LogP contribution in [0, 0.1) is 0 Å². The largest absolute Gasteiger partial charge is 0.356 e. The van der Waals surface area contributed by atoms with Crippen LogP contribution in [0.1, 0.15) is 44.7 Å². The lowest BCUT2D eigenvalue weighted by Gasteiger charge is -2.21. The van der Waals surface area contributed by atoms with Gasteiger partial charge in [0.15, 0.2) is 0 Å². The molecule has 2 N–H and O–H groups in total. The summed E-state index contributed by atoms with van der Waals surface area (Å²) in [7, 11) is 0. The number of amides is 4. The van der Waals surface area contributed by atoms with Crippen LogP contribution in [-0.2, 0) is 9.59 Å². The number of rotatable bonds is 7. The second-order valence-electron chi connectivity index (χ2n) is 5.69. The molecular weight excluding hydrogens is 294 g/mol. The molecule has 1 heterocycles. The maximum Gasteiger partial charge on any atom is 0.325 e. The van der Waals surface area contributed by atoms with Crippen LogP contribution >= 0.6 is 0 Å². The Morgan fingerprint density at radius 2 is 2.00 bits per heavy atom. The molecule has 0 aromatic heterocycles. The highest BCUT2D eigenvalue weighted by molar-refractivity contribution is 6.04. The molecule has 0 radical (unpaired) electrons. The van der Waals surface area contributed by atoms with E-state index in [-0.39, 0.29) is 24.3 Å². The van der Waals surface area contributed by atoms with Crippen molar-refractivity contribution in [3.63, 3.8) is 0 Å². The molecule has 1 aliphatic rings. The fourth-order valence-corrected chi connectivity index (χ4v) is 2.62. The summed E-state index contributed by atoms with van der Waals surface area (Å²) >= 11 is 0. The Balaban J connectivity index is 1.96. The minimum atomic E-state index is -0.624. The van der Waals surface area contributed by atoms with E-state index >= 15 is 0 Å². The smallest absolute Gasteiger partial charge is 0.325 e. The van der Waals surface area contributed by atoms with E-state index < -0.39 is 12.1 Å². The highest BCUT2D eigenvalue weighted by atomic mass is 16.2. The second-order valence-corrected chi connectivity index (χ2v) is 5.69. The topological polar surface area (TPSA) is 78.5 Å². The quantitative estimate of drug-likeness (QED) is 0.755. The summed E-state index contributed by atoms with van der Waals surface area (Å²) in [6.45, 7) is 4.42. The predicted molar refractivity (Wildman–Crippen MR) is 86.6 cm³/mol. The second kappa shape index (κ2) is 7.76. The molecule has 1 aromatic rings. The summed E-state index contributed by atoms with van der Waals surface area (Å²) in [5.41, 5.74) is 0.900. The lowest BCUT2D eigenvalue weighted by molar-refractivity contribution is -0.129. The number of urea groups is 1. The van der Waals surface area contributed by atoms with Gasteiger partial charge in [-0.1, -0.05) is 37.3 Å². The van der Waals surface area contributed by atoms with Gasteiger partial charge in [-0.2, -0.15) is 0 Å². The third-order valence-electron chi connectivity index (χ3n) is 3.95. The zero-order chi connectivity index (χ0) is 16.8. The zero-order valence-corrected chi connectivity index (χ0v) is 13.5. The van der Waals surface area contributed by atoms with Gasteiger partial charge in [0.2, 0.25) is 5.91 Å². The summed E-state index contributed by atoms with van der Waals surface area (Å²) in [5.74, 6) is -0.363. The number of carbonyl (C=O) groups excluding carboxylic acids is 3. The van der Waals surface area contributed by atoms with Crippen molar-refractivity contribution in [3.8, 4) is 0 Å². The maximum atomic E-state index is 12.5. The van der Waals surface area contributed by atoms with Gasteiger partial charge in [0, 0.05) is 13.0 Å². The van der Waals surface area contributed by atoms with Crippen LogP contribution in [0.5, 0.6) is 0 Å². The van der Waals surface area contributed by atoms with Gasteiger partial charge in [0.25, 0.3) is 5.91 Å². The highest BCUT2D eigenvalue weighted by Crippen LogP contribution is 2.25. The molecule has 6 heteroatoms. The van der Waals surface area contributed by atoms with E-state index in [1.807, 2.05) is 44.2 Å². The molecule has 0 aliphatic carbocycles. The van der Waals surface area contributed by atoms with Gasteiger partial charge < -0.3 is 10.6 Å². The number of nitrogens with one attached hydrogen (secondary N) is 2. The number of hydrogen-bond acceptors (Lipinski definition) is 3. The van der Waals surface area contributed by atoms with Crippen molar-refractivity contribution in [2.45, 2.75) is 45.2 Å². The van der Waals surface area contributed by atoms with Crippen LogP contribution in [0.15, 0.2) is 30.3 Å². The van der Waals surface area contributed by atoms with Gasteiger partial charge in [0.1, 0.15) is 6.04 Å². The minimum Gasteiger partial charge on any atom is -0.356 e. The van der Waals surface area contributed by atoms with Crippen molar-refractivity contribution in [2.24, 2.45) is 0 Å². The van der Waals surface area contributed by atoms with Gasteiger partial charge in [0.05, 0.1) is 6.04 Å². The number of hydrogen-bond donors (Lipinski definition) is 2. The van der Waals surface area contributed by atoms with Gasteiger partial charge in [-0.15, -0.1) is 0 Å². The average molecular weight is 317 g/mol. The van der Waals surface area contributed by atoms with Gasteiger partial charge in [-0.05, 0) is 25.3 Å². The van der Waals surface area contributed by atoms with Crippen molar-refractivity contribution in [1.82, 2.24) is 15.5 Å². The molecule has 0 bridgehead atoms. The summed E-state index contributed by atoms with van der Waals surface area (Å²) in [5, 5.41) is 5.44. The van der Waals surface area contributed by atoms with Crippen molar-refractivity contribution in [3.05, 3.63) is 35.9 Å². The van der Waals surface area contributed by atoms with Crippen molar-refractivity contribution >= 4 is 17.8 Å². The number of imide groups is 1. The maximum absolute atomic E-state index is 12.5. The first-order valence-corrected chi connectivity index (χ1v) is 7.99. The first-order chi connectivity index (χ1) is 11.0. The molecule has 1 fully saturated rings. The zero-order valence-electron chi connectivity index (χ0n) is 13.5. The lowest BCUT2D eigenvalue weighted by atomic mass is 10.1. The van der Waals surface area contributed by atoms with Crippen LogP contribution < -0.4 is 10.6 Å². The van der Waals surface area contributed by atoms with Crippen LogP contribution in [0.25, 0.3) is 0 Å². The standard InChI is InChI=1S/C17H23N3O3/c1-3-11-18-15(21)10-9-14-16(22)20(17(23)19-14)12(2)13-7-5-4-6-8-13/h4-8,12,14H,3,9-11H2,1-2H3,(H,18,21)(H,19,23)/t12-,14+/m0/s1. The van der Waals surface area contributed by atoms with Crippen LogP contribution in [0.3, 0.4) is 0 Å². The Morgan fingerprint density at radius 3 is 2.65 bits per heavy atom. The predicted octanol–water partition coefficient (Wildman–Crippen LogP) is 1.97. The van der Waals surface area contributed by atoms with E-state index in [0.29, 0.717) is 13.0 Å². The molecule has 1 aromatic carbocycles. The van der Waals surface area contributed by atoms with E-state index in [4.69, 9.17) is 0 Å². The Morgan fingerprint density at radius 1 is 1.30 bits per heavy atom. The molecule has 0 unspecified atom stereocenters. The van der Waals surface area contributed by atoms with E-state index in [2.05, 4.69) is 10.6 Å². The molecular formula is C17H23N3O3. The van der Waals surface area contributed by atoms with Gasteiger partial charge in [-0.3, -0.25) is 14.5 Å². The third kappa shape index (κ3) is 4.09. The monoisotopic (exact) mass is 317 g/mol. The van der Waals surface area contributed by atoms with Crippen LogP contribution in [0.2, 0.25) is 0 Å². The summed E-state index contributed by atoms with van der Waals surface area (Å²) in [6.07, 6.45) is 1.41. The normalized spacial score (nSPS) is 18.7. The first-order valence-electron chi connectivity index (χ1n) is 7.99. The minimum absolute atomic E-state index is 0.0940. The Hall–Kier alpha value is -2.37. The Bertz CT molecular complexity index is 574. The molecule has 124 valence electrons. The van der Waals surface area contributed by atoms with Crippen molar-refractivity contribution < 1.29 is 14.4 Å². The molecule has 6 nitrogen and oxygen atoms in total. The molecule has 2 atom stereocenters. The fourth-order valence-electron chi connectivity index (χ4n) is 2.62. The van der Waals surface area contributed by atoms with E-state index in [1.165, 1.54) is 4.90 Å². The summed E-state index contributed by atoms with van der Waals surface area (Å²) in [6, 6.07) is 8.06. The highest BCUT2D eigenvalue weighted by Gasteiger charge is 2.40. The molecule has 23 heavy (non-hydrogen) atoms. The molecule has 1 saturated heterocycles. The third-order valence-corrected chi connectivity index (χ3v) is 3.95. The van der Waals surface area contributed by atoms with Gasteiger partial charge >= 0.3 is 6.03 Å². The van der Waals surface area contributed by atoms with Crippen LogP contribution in [0.4, 0.5) is 4.79 Å².